The van der Waals surface area contributed by atoms with Crippen LogP contribution in [0.25, 0.3) is 32.9 Å². The Hall–Kier alpha value is -4.46. The number of hydrogen-bond donors (Lipinski definition) is 3. The van der Waals surface area contributed by atoms with Crippen LogP contribution in [0.15, 0.2) is 71.5 Å². The van der Waals surface area contributed by atoms with Gasteiger partial charge in [-0.1, -0.05) is 48.5 Å². The van der Waals surface area contributed by atoms with Gasteiger partial charge in [0.25, 0.3) is 5.56 Å². The van der Waals surface area contributed by atoms with E-state index in [0.717, 1.165) is 33.3 Å². The van der Waals surface area contributed by atoms with Gasteiger partial charge in [0, 0.05) is 11.8 Å². The molecule has 0 atom stereocenters. The van der Waals surface area contributed by atoms with Crippen LogP contribution in [-0.2, 0) is 6.42 Å². The topological polar surface area (TPSA) is 127 Å². The van der Waals surface area contributed by atoms with E-state index in [0.29, 0.717) is 17.3 Å². The van der Waals surface area contributed by atoms with E-state index in [9.17, 15) is 9.59 Å². The maximum absolute atomic E-state index is 12.0. The van der Waals surface area contributed by atoms with Gasteiger partial charge in [-0.2, -0.15) is 10.1 Å². The minimum Gasteiger partial charge on any atom is -0.376 e. The maximum atomic E-state index is 12.0. The number of hydrogen-bond acceptors (Lipinski definition) is 5. The number of fused-ring (bicyclic) bond motifs is 2. The third-order valence-electron chi connectivity index (χ3n) is 5.06. The van der Waals surface area contributed by atoms with Crippen LogP contribution in [0.4, 0.5) is 4.79 Å². The molecule has 8 heteroatoms. The number of nitrogens with one attached hydrogen (secondary N) is 2. The lowest BCUT2D eigenvalue weighted by molar-refractivity contribution is 0.207. The van der Waals surface area contributed by atoms with Gasteiger partial charge < -0.3 is 15.5 Å². The first-order chi connectivity index (χ1) is 15.1. The molecule has 0 spiro atoms. The molecule has 0 saturated carbocycles. The molecule has 5 rings (SSSR count). The molecular formula is C23H17N5O3. The largest absolute Gasteiger partial charge is 0.412 e. The number of rotatable bonds is 4. The van der Waals surface area contributed by atoms with Gasteiger partial charge in [-0.05, 0) is 34.9 Å². The van der Waals surface area contributed by atoms with E-state index in [-0.39, 0.29) is 11.6 Å². The van der Waals surface area contributed by atoms with E-state index in [1.54, 1.807) is 6.07 Å². The van der Waals surface area contributed by atoms with E-state index < -0.39 is 6.09 Å². The quantitative estimate of drug-likeness (QED) is 0.417. The second-order valence-electron chi connectivity index (χ2n) is 7.12. The van der Waals surface area contributed by atoms with Crippen molar-refractivity contribution in [1.29, 1.82) is 0 Å². The van der Waals surface area contributed by atoms with Gasteiger partial charge >= 0.3 is 12.1 Å². The summed E-state index contributed by atoms with van der Waals surface area (Å²) in [5, 5.41) is 8.33. The number of nitrogens with zero attached hydrogens (tertiary/aromatic N) is 2. The van der Waals surface area contributed by atoms with Gasteiger partial charge in [0.15, 0.2) is 0 Å². The number of carbonyl (C=O) groups is 1. The van der Waals surface area contributed by atoms with E-state index >= 15 is 0 Å². The van der Waals surface area contributed by atoms with E-state index in [2.05, 4.69) is 26.2 Å². The molecule has 3 aromatic carbocycles. The van der Waals surface area contributed by atoms with Crippen LogP contribution >= 0.6 is 0 Å². The highest BCUT2D eigenvalue weighted by Gasteiger charge is 2.10. The summed E-state index contributed by atoms with van der Waals surface area (Å²) < 4.78 is 4.81. The molecule has 8 nitrogen and oxygen atoms in total. The van der Waals surface area contributed by atoms with Crippen LogP contribution < -0.4 is 16.0 Å². The number of nitrogens with two attached hydrogens (primary N) is 1. The zero-order valence-electron chi connectivity index (χ0n) is 16.3. The van der Waals surface area contributed by atoms with Crippen molar-refractivity contribution in [3.8, 4) is 17.1 Å². The normalized spacial score (nSPS) is 11.1. The Morgan fingerprint density at radius 3 is 2.61 bits per heavy atom. The summed E-state index contributed by atoms with van der Waals surface area (Å²) in [5.41, 5.74) is 10.1. The third-order valence-corrected chi connectivity index (χ3v) is 5.06. The van der Waals surface area contributed by atoms with Crippen molar-refractivity contribution >= 4 is 27.9 Å². The molecule has 0 unspecified atom stereocenters. The molecule has 5 aromatic rings. The van der Waals surface area contributed by atoms with Gasteiger partial charge in [-0.3, -0.25) is 4.79 Å². The summed E-state index contributed by atoms with van der Waals surface area (Å²) in [7, 11) is 0. The Bertz CT molecular complexity index is 1500. The van der Waals surface area contributed by atoms with E-state index in [1.807, 2.05) is 54.6 Å². The molecule has 2 aromatic heterocycles. The van der Waals surface area contributed by atoms with Crippen molar-refractivity contribution in [1.82, 2.24) is 20.2 Å². The Kier molecular flexibility index (Phi) is 4.44. The van der Waals surface area contributed by atoms with Crippen LogP contribution in [0.5, 0.6) is 6.01 Å². The lowest BCUT2D eigenvalue weighted by Crippen LogP contribution is -2.16. The number of benzene rings is 3. The number of H-pyrrole nitrogens is 2. The third kappa shape index (κ3) is 3.62. The van der Waals surface area contributed by atoms with Crippen molar-refractivity contribution in [2.45, 2.75) is 6.42 Å². The van der Waals surface area contributed by atoms with Crippen molar-refractivity contribution in [3.05, 3.63) is 88.3 Å². The second-order valence-corrected chi connectivity index (χ2v) is 7.12. The van der Waals surface area contributed by atoms with Crippen molar-refractivity contribution in [3.63, 3.8) is 0 Å². The SMILES string of the molecule is NC(=O)Oc1nc2ccc(-c3cccc(Cc4n[nH]c(=O)c5ccccc45)c3)cc2[nH]1. The van der Waals surface area contributed by atoms with Crippen molar-refractivity contribution in [2.75, 3.05) is 0 Å². The van der Waals surface area contributed by atoms with Gasteiger partial charge in [0.2, 0.25) is 0 Å². The molecule has 0 saturated heterocycles. The minimum absolute atomic E-state index is 0.0597. The zero-order valence-corrected chi connectivity index (χ0v) is 16.3. The Balaban J connectivity index is 1.49. The number of carbonyl (C=O) groups excluding carboxylic acids is 1. The first kappa shape index (κ1) is 18.6. The number of imidazole rings is 1. The second kappa shape index (κ2) is 7.42. The average Bonchev–Trinajstić information content (AvgIpc) is 3.17. The predicted molar refractivity (Wildman–Crippen MR) is 117 cm³/mol. The average molecular weight is 411 g/mol. The zero-order chi connectivity index (χ0) is 21.4. The van der Waals surface area contributed by atoms with E-state index in [4.69, 9.17) is 10.5 Å². The number of amides is 1. The van der Waals surface area contributed by atoms with Gasteiger partial charge in [-0.25, -0.2) is 9.89 Å². The maximum Gasteiger partial charge on any atom is 0.412 e. The fourth-order valence-electron chi connectivity index (χ4n) is 3.67. The highest BCUT2D eigenvalue weighted by Crippen LogP contribution is 2.26. The van der Waals surface area contributed by atoms with Gasteiger partial charge in [0.05, 0.1) is 22.1 Å². The monoisotopic (exact) mass is 411 g/mol. The fraction of sp³-hybridized carbons (Fsp3) is 0.0435. The molecule has 152 valence electrons. The fourth-order valence-corrected chi connectivity index (χ4v) is 3.67. The number of ether oxygens (including phenoxy) is 1. The smallest absolute Gasteiger partial charge is 0.376 e. The van der Waals surface area contributed by atoms with E-state index in [1.165, 1.54) is 0 Å². The van der Waals surface area contributed by atoms with Crippen LogP contribution in [0.3, 0.4) is 0 Å². The van der Waals surface area contributed by atoms with Crippen LogP contribution in [-0.4, -0.2) is 26.3 Å². The molecule has 0 aliphatic heterocycles. The Labute approximate surface area is 175 Å². The molecular weight excluding hydrogens is 394 g/mol. The number of aromatic nitrogens is 4. The summed E-state index contributed by atoms with van der Waals surface area (Å²) in [6.45, 7) is 0. The molecule has 2 heterocycles. The predicted octanol–water partition coefficient (Wildman–Crippen LogP) is 3.51. The molecule has 1 amide bonds. The van der Waals surface area contributed by atoms with Crippen molar-refractivity contribution < 1.29 is 9.53 Å². The molecule has 0 radical (unpaired) electrons. The Morgan fingerprint density at radius 1 is 0.968 bits per heavy atom. The minimum atomic E-state index is -0.921. The molecule has 0 aliphatic rings. The first-order valence-corrected chi connectivity index (χ1v) is 9.59. The molecule has 0 fully saturated rings. The summed E-state index contributed by atoms with van der Waals surface area (Å²) in [5.74, 6) is 0. The standard InChI is InChI=1S/C23H17N5O3/c24-22(30)31-23-25-18-9-8-15(12-20(18)26-23)14-5-3-4-13(10-14)11-19-16-6-1-2-7-17(16)21(29)28-27-19/h1-10,12H,11H2,(H2,24,30)(H,25,26)(H,28,29). The molecule has 31 heavy (non-hydrogen) atoms. The highest BCUT2D eigenvalue weighted by molar-refractivity contribution is 5.84. The van der Waals surface area contributed by atoms with Crippen LogP contribution in [0.1, 0.15) is 11.3 Å². The number of aromatic amines is 2. The number of primary amides is 1. The summed E-state index contributed by atoms with van der Waals surface area (Å²) in [4.78, 5) is 30.1. The van der Waals surface area contributed by atoms with Crippen LogP contribution in [0, 0.1) is 0 Å². The lowest BCUT2D eigenvalue weighted by atomic mass is 9.99. The summed E-state index contributed by atoms with van der Waals surface area (Å²) in [6.07, 6.45) is -0.344. The first-order valence-electron chi connectivity index (χ1n) is 9.59. The van der Waals surface area contributed by atoms with Crippen LogP contribution in [0.2, 0.25) is 0 Å². The highest BCUT2D eigenvalue weighted by atomic mass is 16.6. The van der Waals surface area contributed by atoms with Gasteiger partial charge in [0.1, 0.15) is 0 Å². The lowest BCUT2D eigenvalue weighted by Gasteiger charge is -2.08. The van der Waals surface area contributed by atoms with Crippen molar-refractivity contribution in [2.24, 2.45) is 5.73 Å². The molecule has 0 bridgehead atoms. The molecule has 0 aliphatic carbocycles. The summed E-state index contributed by atoms with van der Waals surface area (Å²) >= 11 is 0. The van der Waals surface area contributed by atoms with Gasteiger partial charge in [-0.15, -0.1) is 0 Å². The Morgan fingerprint density at radius 2 is 1.77 bits per heavy atom. The molecule has 4 N–H and O–H groups in total. The summed E-state index contributed by atoms with van der Waals surface area (Å²) in [6, 6.07) is 21.3.